The Morgan fingerprint density at radius 1 is 1.57 bits per heavy atom. The number of ether oxygens (including phenoxy) is 2. The van der Waals surface area contributed by atoms with Gasteiger partial charge in [0, 0.05) is 6.07 Å². The Kier molecular flexibility index (Phi) is 4.13. The smallest absolute Gasteiger partial charge is 0.339 e. The molecule has 0 saturated carbocycles. The van der Waals surface area contributed by atoms with Crippen molar-refractivity contribution in [2.24, 2.45) is 0 Å². The molecule has 0 bridgehead atoms. The molecule has 1 unspecified atom stereocenters. The van der Waals surface area contributed by atoms with E-state index in [4.69, 9.17) is 14.6 Å². The summed E-state index contributed by atoms with van der Waals surface area (Å²) < 4.78 is 11.1. The fraction of sp³-hybridized carbons (Fsp3) is 0.500. The summed E-state index contributed by atoms with van der Waals surface area (Å²) in [6.07, 6.45) is 1.45. The van der Waals surface area contributed by atoms with Crippen LogP contribution in [0.3, 0.4) is 0 Å². The van der Waals surface area contributed by atoms with Gasteiger partial charge in [0.15, 0.2) is 0 Å². The van der Waals surface area contributed by atoms with Crippen molar-refractivity contribution in [3.05, 3.63) is 33.9 Å². The predicted molar refractivity (Wildman–Crippen MR) is 73.7 cm³/mol. The highest BCUT2D eigenvalue weighted by molar-refractivity contribution is 5.92. The second kappa shape index (κ2) is 5.69. The lowest BCUT2D eigenvalue weighted by Gasteiger charge is -2.19. The number of para-hydroxylation sites is 1. The first-order valence-corrected chi connectivity index (χ1v) is 6.61. The number of carboxylic acids is 1. The van der Waals surface area contributed by atoms with Gasteiger partial charge in [-0.15, -0.1) is 0 Å². The summed E-state index contributed by atoms with van der Waals surface area (Å²) in [6, 6.07) is 3.83. The average molecular weight is 295 g/mol. The number of rotatable bonds is 5. The van der Waals surface area contributed by atoms with E-state index in [-0.39, 0.29) is 35.3 Å². The van der Waals surface area contributed by atoms with Crippen LogP contribution in [0.4, 0.5) is 5.69 Å². The van der Waals surface area contributed by atoms with Gasteiger partial charge in [0.1, 0.15) is 12.2 Å². The van der Waals surface area contributed by atoms with Crippen LogP contribution in [0.25, 0.3) is 0 Å². The molecular formula is C14H17NO6. The van der Waals surface area contributed by atoms with E-state index < -0.39 is 10.9 Å². The number of benzene rings is 1. The molecule has 1 saturated heterocycles. The minimum Gasteiger partial charge on any atom is -0.483 e. The Balaban J connectivity index is 2.18. The lowest BCUT2D eigenvalue weighted by molar-refractivity contribution is -0.386. The van der Waals surface area contributed by atoms with Crippen molar-refractivity contribution in [1.82, 2.24) is 0 Å². The highest BCUT2D eigenvalue weighted by Gasteiger charge is 2.33. The molecule has 1 atom stereocenters. The molecule has 0 spiro atoms. The number of nitro benzene ring substituents is 1. The number of nitrogens with zero attached hydrogens (tertiary/aromatic N) is 1. The number of hydrogen-bond acceptors (Lipinski definition) is 5. The summed E-state index contributed by atoms with van der Waals surface area (Å²) in [7, 11) is 0. The molecular weight excluding hydrogens is 278 g/mol. The molecule has 2 rings (SSSR count). The Hall–Kier alpha value is -2.15. The molecule has 21 heavy (non-hydrogen) atoms. The van der Waals surface area contributed by atoms with E-state index in [1.807, 2.05) is 13.8 Å². The van der Waals surface area contributed by atoms with Crippen LogP contribution < -0.4 is 4.74 Å². The molecule has 1 N–H and O–H groups in total. The third-order valence-corrected chi connectivity index (χ3v) is 3.39. The molecule has 7 heteroatoms. The van der Waals surface area contributed by atoms with Crippen LogP contribution in [0.5, 0.6) is 5.75 Å². The van der Waals surface area contributed by atoms with Crippen LogP contribution in [-0.2, 0) is 4.74 Å². The van der Waals surface area contributed by atoms with Crippen molar-refractivity contribution in [3.63, 3.8) is 0 Å². The number of carbonyl (C=O) groups is 1. The van der Waals surface area contributed by atoms with E-state index in [9.17, 15) is 14.9 Å². The van der Waals surface area contributed by atoms with Crippen LogP contribution in [0.15, 0.2) is 18.2 Å². The maximum absolute atomic E-state index is 11.2. The summed E-state index contributed by atoms with van der Waals surface area (Å²) in [6.45, 7) is 4.01. The van der Waals surface area contributed by atoms with Crippen LogP contribution in [0.2, 0.25) is 0 Å². The van der Waals surface area contributed by atoms with Gasteiger partial charge in [0.05, 0.1) is 16.6 Å². The Morgan fingerprint density at radius 2 is 2.29 bits per heavy atom. The molecule has 1 aromatic rings. The predicted octanol–water partition coefficient (Wildman–Crippen LogP) is 2.63. The van der Waals surface area contributed by atoms with Crippen LogP contribution >= 0.6 is 0 Å². The summed E-state index contributed by atoms with van der Waals surface area (Å²) in [5.41, 5.74) is -0.819. The van der Waals surface area contributed by atoms with Gasteiger partial charge in [-0.05, 0) is 32.8 Å². The zero-order chi connectivity index (χ0) is 15.6. The third-order valence-electron chi connectivity index (χ3n) is 3.39. The standard InChI is InChI=1S/C14H17NO6/c1-14(2)7-6-9(21-14)8-20-12-10(13(16)17)4-3-5-11(12)15(18)19/h3-5,9H,6-8H2,1-2H3,(H,16,17). The first-order valence-electron chi connectivity index (χ1n) is 6.61. The fourth-order valence-corrected chi connectivity index (χ4v) is 2.36. The Morgan fingerprint density at radius 3 is 2.81 bits per heavy atom. The lowest BCUT2D eigenvalue weighted by atomic mass is 10.1. The van der Waals surface area contributed by atoms with Gasteiger partial charge in [0.25, 0.3) is 0 Å². The van der Waals surface area contributed by atoms with Crippen LogP contribution in [0.1, 0.15) is 37.0 Å². The summed E-state index contributed by atoms with van der Waals surface area (Å²) in [4.78, 5) is 21.5. The van der Waals surface area contributed by atoms with E-state index in [1.165, 1.54) is 18.2 Å². The van der Waals surface area contributed by atoms with E-state index in [1.54, 1.807) is 0 Å². The van der Waals surface area contributed by atoms with E-state index in [2.05, 4.69) is 0 Å². The maximum Gasteiger partial charge on any atom is 0.339 e. The molecule has 1 aromatic carbocycles. The molecule has 1 fully saturated rings. The van der Waals surface area contributed by atoms with Gasteiger partial charge in [-0.2, -0.15) is 0 Å². The number of nitro groups is 1. The van der Waals surface area contributed by atoms with E-state index >= 15 is 0 Å². The van der Waals surface area contributed by atoms with Crippen molar-refractivity contribution in [2.75, 3.05) is 6.61 Å². The highest BCUT2D eigenvalue weighted by atomic mass is 16.6. The second-order valence-corrected chi connectivity index (χ2v) is 5.57. The second-order valence-electron chi connectivity index (χ2n) is 5.57. The minimum atomic E-state index is -1.26. The van der Waals surface area contributed by atoms with Gasteiger partial charge in [-0.25, -0.2) is 4.79 Å². The summed E-state index contributed by atoms with van der Waals surface area (Å²) in [5.74, 6) is -1.48. The van der Waals surface area contributed by atoms with Crippen molar-refractivity contribution in [2.45, 2.75) is 38.4 Å². The van der Waals surface area contributed by atoms with Gasteiger partial charge in [-0.1, -0.05) is 6.07 Å². The summed E-state index contributed by atoms with van der Waals surface area (Å²) >= 11 is 0. The Bertz CT molecular complexity index is 536. The zero-order valence-corrected chi connectivity index (χ0v) is 11.9. The van der Waals surface area contributed by atoms with Crippen LogP contribution in [-0.4, -0.2) is 34.3 Å². The van der Waals surface area contributed by atoms with Crippen molar-refractivity contribution in [3.8, 4) is 5.75 Å². The fourth-order valence-electron chi connectivity index (χ4n) is 2.36. The topological polar surface area (TPSA) is 98.9 Å². The average Bonchev–Trinajstić information content (AvgIpc) is 2.75. The number of hydrogen-bond donors (Lipinski definition) is 1. The quantitative estimate of drug-likeness (QED) is 0.662. The van der Waals surface area contributed by atoms with Gasteiger partial charge >= 0.3 is 11.7 Å². The normalized spacial score (nSPS) is 20.2. The summed E-state index contributed by atoms with van der Waals surface area (Å²) in [5, 5.41) is 20.1. The molecule has 7 nitrogen and oxygen atoms in total. The number of carboxylic acid groups (broad SMARTS) is 1. The van der Waals surface area contributed by atoms with Crippen LogP contribution in [0, 0.1) is 10.1 Å². The molecule has 0 amide bonds. The molecule has 114 valence electrons. The van der Waals surface area contributed by atoms with Crippen molar-refractivity contribution < 1.29 is 24.3 Å². The largest absolute Gasteiger partial charge is 0.483 e. The van der Waals surface area contributed by atoms with Crippen molar-refractivity contribution in [1.29, 1.82) is 0 Å². The first-order chi connectivity index (χ1) is 9.80. The molecule has 0 aromatic heterocycles. The molecule has 1 aliphatic heterocycles. The third kappa shape index (κ3) is 3.49. The van der Waals surface area contributed by atoms with Gasteiger partial charge in [-0.3, -0.25) is 10.1 Å². The Labute approximate surface area is 121 Å². The maximum atomic E-state index is 11.2. The molecule has 1 aliphatic rings. The molecule has 0 aliphatic carbocycles. The zero-order valence-electron chi connectivity index (χ0n) is 11.9. The van der Waals surface area contributed by atoms with Gasteiger partial charge in [0.2, 0.25) is 5.75 Å². The minimum absolute atomic E-state index is 0.0918. The molecule has 1 heterocycles. The highest BCUT2D eigenvalue weighted by Crippen LogP contribution is 2.33. The van der Waals surface area contributed by atoms with E-state index in [0.717, 1.165) is 12.8 Å². The lowest BCUT2D eigenvalue weighted by Crippen LogP contribution is -2.24. The monoisotopic (exact) mass is 295 g/mol. The SMILES string of the molecule is CC1(C)CCC(COc2c(C(=O)O)cccc2[N+](=O)[O-])O1. The van der Waals surface area contributed by atoms with Gasteiger partial charge < -0.3 is 14.6 Å². The first kappa shape index (κ1) is 15.2. The van der Waals surface area contributed by atoms with E-state index in [0.29, 0.717) is 0 Å². The molecule has 0 radical (unpaired) electrons. The van der Waals surface area contributed by atoms with Crippen molar-refractivity contribution >= 4 is 11.7 Å². The number of aromatic carboxylic acids is 1.